The molecule has 0 aliphatic rings. The Morgan fingerprint density at radius 1 is 1.46 bits per heavy atom. The van der Waals surface area contributed by atoms with Gasteiger partial charge in [0.25, 0.3) is 0 Å². The predicted octanol–water partition coefficient (Wildman–Crippen LogP) is -1.60. The monoisotopic (exact) mass is 185 g/mol. The van der Waals surface area contributed by atoms with Crippen molar-refractivity contribution in [2.45, 2.75) is 0 Å². The molecular formula is C8H19N5. The molecule has 0 aromatic rings. The van der Waals surface area contributed by atoms with Gasteiger partial charge < -0.3 is 27.8 Å². The summed E-state index contributed by atoms with van der Waals surface area (Å²) in [6, 6.07) is 0. The van der Waals surface area contributed by atoms with Gasteiger partial charge in [-0.05, 0) is 17.8 Å². The lowest BCUT2D eigenvalue weighted by atomic mass is 10.2. The van der Waals surface area contributed by atoms with Crippen LogP contribution in [0, 0.1) is 0 Å². The van der Waals surface area contributed by atoms with Gasteiger partial charge in [0.1, 0.15) is 0 Å². The van der Waals surface area contributed by atoms with Crippen molar-refractivity contribution in [3.63, 3.8) is 0 Å². The molecule has 0 aromatic heterocycles. The van der Waals surface area contributed by atoms with E-state index in [-0.39, 0.29) is 0 Å². The summed E-state index contributed by atoms with van der Waals surface area (Å²) in [6.45, 7) is 2.06. The van der Waals surface area contributed by atoms with Gasteiger partial charge in [0.2, 0.25) is 0 Å². The molecule has 76 valence electrons. The average Bonchev–Trinajstić information content (AvgIpc) is 2.16. The van der Waals surface area contributed by atoms with Gasteiger partial charge in [-0.2, -0.15) is 0 Å². The van der Waals surface area contributed by atoms with E-state index in [4.69, 9.17) is 17.2 Å². The first-order valence-corrected chi connectivity index (χ1v) is 4.21. The molecule has 0 saturated carbocycles. The van der Waals surface area contributed by atoms with E-state index in [1.165, 1.54) is 6.20 Å². The number of rotatable bonds is 6. The predicted molar refractivity (Wildman–Crippen MR) is 55.5 cm³/mol. The van der Waals surface area contributed by atoms with Crippen molar-refractivity contribution in [3.05, 3.63) is 23.7 Å². The summed E-state index contributed by atoms with van der Waals surface area (Å²) < 4.78 is 0. The van der Waals surface area contributed by atoms with Crippen LogP contribution in [0.3, 0.4) is 0 Å². The van der Waals surface area contributed by atoms with Gasteiger partial charge in [0, 0.05) is 26.7 Å². The molecule has 0 aliphatic carbocycles. The van der Waals surface area contributed by atoms with Crippen LogP contribution < -0.4 is 27.8 Å². The summed E-state index contributed by atoms with van der Waals surface area (Å²) >= 11 is 0. The van der Waals surface area contributed by atoms with Gasteiger partial charge in [-0.25, -0.2) is 0 Å². The second-order valence-electron chi connectivity index (χ2n) is 2.56. The summed E-state index contributed by atoms with van der Waals surface area (Å²) in [4.78, 5) is 0. The molecule has 0 fully saturated rings. The molecule has 0 atom stereocenters. The summed E-state index contributed by atoms with van der Waals surface area (Å²) in [7, 11) is 1.76. The third-order valence-electron chi connectivity index (χ3n) is 1.49. The van der Waals surface area contributed by atoms with Crippen molar-refractivity contribution in [2.24, 2.45) is 17.2 Å². The Labute approximate surface area is 79.0 Å². The van der Waals surface area contributed by atoms with E-state index >= 15 is 0 Å². The number of nitrogens with two attached hydrogens (primary N) is 3. The summed E-state index contributed by atoms with van der Waals surface area (Å²) in [5, 5.41) is 5.92. The van der Waals surface area contributed by atoms with Gasteiger partial charge in [0.05, 0.1) is 5.82 Å². The van der Waals surface area contributed by atoms with Gasteiger partial charge in [-0.1, -0.05) is 0 Å². The summed E-state index contributed by atoms with van der Waals surface area (Å²) in [6.07, 6.45) is 3.30. The maximum atomic E-state index is 5.55. The molecular weight excluding hydrogens is 166 g/mol. The lowest BCUT2D eigenvalue weighted by molar-refractivity contribution is 0.740. The molecule has 13 heavy (non-hydrogen) atoms. The van der Waals surface area contributed by atoms with E-state index in [0.29, 0.717) is 18.9 Å². The van der Waals surface area contributed by atoms with Crippen LogP contribution in [-0.4, -0.2) is 26.7 Å². The Morgan fingerprint density at radius 3 is 2.62 bits per heavy atom. The number of hydrogen-bond donors (Lipinski definition) is 5. The van der Waals surface area contributed by atoms with E-state index in [2.05, 4.69) is 10.6 Å². The van der Waals surface area contributed by atoms with Gasteiger partial charge in [0.15, 0.2) is 0 Å². The van der Waals surface area contributed by atoms with Crippen LogP contribution in [0.5, 0.6) is 0 Å². The van der Waals surface area contributed by atoms with E-state index in [9.17, 15) is 0 Å². The Balaban J connectivity index is 3.91. The Morgan fingerprint density at radius 2 is 2.15 bits per heavy atom. The largest absolute Gasteiger partial charge is 0.404 e. The van der Waals surface area contributed by atoms with Crippen LogP contribution in [-0.2, 0) is 0 Å². The molecule has 0 aliphatic heterocycles. The van der Waals surface area contributed by atoms with Crippen LogP contribution in [0.2, 0.25) is 0 Å². The summed E-state index contributed by atoms with van der Waals surface area (Å²) in [5.41, 5.74) is 17.2. The molecule has 0 unspecified atom stereocenters. The highest BCUT2D eigenvalue weighted by Gasteiger charge is 1.92. The standard InChI is InChI=1S/C8H19N5/c1-12-8(11)4-7(5-10)6-13-3-2-9/h4-5,12-13H,2-3,6,9-11H2,1H3/b7-5+,8-4+. The highest BCUT2D eigenvalue weighted by atomic mass is 15.0. The summed E-state index contributed by atoms with van der Waals surface area (Å²) in [5.74, 6) is 0.589. The van der Waals surface area contributed by atoms with E-state index in [1.807, 2.05) is 0 Å². The van der Waals surface area contributed by atoms with E-state index in [1.54, 1.807) is 13.1 Å². The van der Waals surface area contributed by atoms with Crippen molar-refractivity contribution < 1.29 is 0 Å². The minimum atomic E-state index is 0.589. The van der Waals surface area contributed by atoms with Crippen molar-refractivity contribution in [2.75, 3.05) is 26.7 Å². The van der Waals surface area contributed by atoms with E-state index in [0.717, 1.165) is 12.1 Å². The SMILES string of the molecule is CN/C(N)=C/C(=C\N)CNCCN. The second kappa shape index (κ2) is 7.45. The minimum absolute atomic E-state index is 0.589. The molecule has 5 heteroatoms. The Bertz CT molecular complexity index is 185. The first kappa shape index (κ1) is 11.8. The van der Waals surface area contributed by atoms with Crippen molar-refractivity contribution in [1.82, 2.24) is 10.6 Å². The molecule has 8 N–H and O–H groups in total. The fourth-order valence-electron chi connectivity index (χ4n) is 0.765. The van der Waals surface area contributed by atoms with Crippen LogP contribution in [0.1, 0.15) is 0 Å². The maximum absolute atomic E-state index is 5.55. The lowest BCUT2D eigenvalue weighted by Gasteiger charge is -2.05. The molecule has 5 nitrogen and oxygen atoms in total. The first-order chi connectivity index (χ1) is 6.24. The average molecular weight is 185 g/mol. The topological polar surface area (TPSA) is 102 Å². The molecule has 0 rings (SSSR count). The highest BCUT2D eigenvalue weighted by Crippen LogP contribution is 1.93. The molecule has 0 aromatic carbocycles. The van der Waals surface area contributed by atoms with Crippen molar-refractivity contribution in [3.8, 4) is 0 Å². The fraction of sp³-hybridized carbons (Fsp3) is 0.500. The number of nitrogens with one attached hydrogen (secondary N) is 2. The first-order valence-electron chi connectivity index (χ1n) is 4.21. The zero-order chi connectivity index (χ0) is 10.1. The van der Waals surface area contributed by atoms with Crippen LogP contribution in [0.4, 0.5) is 0 Å². The zero-order valence-corrected chi connectivity index (χ0v) is 8.01. The minimum Gasteiger partial charge on any atom is -0.404 e. The smallest absolute Gasteiger partial charge is 0.0961 e. The quantitative estimate of drug-likeness (QED) is 0.253. The molecule has 0 heterocycles. The number of hydrogen-bond acceptors (Lipinski definition) is 5. The van der Waals surface area contributed by atoms with Gasteiger partial charge in [-0.15, -0.1) is 0 Å². The van der Waals surface area contributed by atoms with Gasteiger partial charge >= 0.3 is 0 Å². The Hall–Kier alpha value is -1.20. The van der Waals surface area contributed by atoms with Crippen LogP contribution >= 0.6 is 0 Å². The molecule has 0 amide bonds. The molecule has 0 spiro atoms. The van der Waals surface area contributed by atoms with Crippen molar-refractivity contribution in [1.29, 1.82) is 0 Å². The lowest BCUT2D eigenvalue weighted by Crippen LogP contribution is -2.25. The fourth-order valence-corrected chi connectivity index (χ4v) is 0.765. The van der Waals surface area contributed by atoms with Gasteiger partial charge in [-0.3, -0.25) is 0 Å². The molecule has 0 saturated heterocycles. The van der Waals surface area contributed by atoms with Crippen LogP contribution in [0.25, 0.3) is 0 Å². The highest BCUT2D eigenvalue weighted by molar-refractivity contribution is 5.21. The zero-order valence-electron chi connectivity index (χ0n) is 8.01. The molecule has 0 radical (unpaired) electrons. The Kier molecular flexibility index (Phi) is 6.76. The molecule has 0 bridgehead atoms. The normalized spacial score (nSPS) is 13.1. The van der Waals surface area contributed by atoms with Crippen molar-refractivity contribution >= 4 is 0 Å². The van der Waals surface area contributed by atoms with Crippen LogP contribution in [0.15, 0.2) is 23.7 Å². The third kappa shape index (κ3) is 6.01. The maximum Gasteiger partial charge on any atom is 0.0961 e. The van der Waals surface area contributed by atoms with E-state index < -0.39 is 0 Å². The third-order valence-corrected chi connectivity index (χ3v) is 1.49. The second-order valence-corrected chi connectivity index (χ2v) is 2.56.